The van der Waals surface area contributed by atoms with E-state index in [0.717, 1.165) is 4.47 Å². The van der Waals surface area contributed by atoms with E-state index in [0.29, 0.717) is 31.9 Å². The molecule has 18 heavy (non-hydrogen) atoms. The van der Waals surface area contributed by atoms with Crippen LogP contribution in [0.25, 0.3) is 5.53 Å². The highest BCUT2D eigenvalue weighted by molar-refractivity contribution is 9.10. The van der Waals surface area contributed by atoms with Crippen LogP contribution in [0.5, 0.6) is 0 Å². The summed E-state index contributed by atoms with van der Waals surface area (Å²) in [5, 5.41) is 0. The summed E-state index contributed by atoms with van der Waals surface area (Å²) in [5.74, 6) is -0.275. The van der Waals surface area contributed by atoms with Crippen LogP contribution in [-0.4, -0.2) is 47.6 Å². The smallest absolute Gasteiger partial charge is 0.378 e. The molecule has 0 aromatic heterocycles. The van der Waals surface area contributed by atoms with E-state index in [4.69, 9.17) is 10.3 Å². The van der Waals surface area contributed by atoms with Gasteiger partial charge < -0.3 is 15.2 Å². The van der Waals surface area contributed by atoms with Gasteiger partial charge in [0, 0.05) is 17.6 Å². The van der Waals surface area contributed by atoms with Crippen molar-refractivity contribution in [1.82, 2.24) is 4.90 Å². The van der Waals surface area contributed by atoms with Crippen LogP contribution in [0.4, 0.5) is 0 Å². The molecule has 0 N–H and O–H groups in total. The Morgan fingerprint density at radius 2 is 1.89 bits per heavy atom. The zero-order valence-electron chi connectivity index (χ0n) is 9.67. The predicted octanol–water partition coefficient (Wildman–Crippen LogP) is 1.33. The van der Waals surface area contributed by atoms with Gasteiger partial charge in [0.2, 0.25) is 0 Å². The molecule has 0 unspecified atom stereocenters. The molecule has 1 heterocycles. The van der Waals surface area contributed by atoms with Gasteiger partial charge in [0.05, 0.1) is 18.8 Å². The van der Waals surface area contributed by atoms with Crippen molar-refractivity contribution in [1.29, 1.82) is 0 Å². The Morgan fingerprint density at radius 3 is 2.44 bits per heavy atom. The van der Waals surface area contributed by atoms with E-state index in [1.54, 1.807) is 29.2 Å². The van der Waals surface area contributed by atoms with Gasteiger partial charge in [-0.25, -0.2) is 0 Å². The van der Waals surface area contributed by atoms with Crippen LogP contribution in [-0.2, 0) is 9.53 Å². The molecule has 2 rings (SSSR count). The van der Waals surface area contributed by atoms with Crippen molar-refractivity contribution in [3.8, 4) is 0 Å². The fourth-order valence-corrected chi connectivity index (χ4v) is 2.01. The van der Waals surface area contributed by atoms with Crippen molar-refractivity contribution in [2.75, 3.05) is 26.3 Å². The third-order valence-electron chi connectivity index (χ3n) is 2.72. The van der Waals surface area contributed by atoms with Crippen molar-refractivity contribution in [3.63, 3.8) is 0 Å². The van der Waals surface area contributed by atoms with E-state index in [2.05, 4.69) is 20.7 Å². The Morgan fingerprint density at radius 1 is 1.28 bits per heavy atom. The molecular formula is C12H12BrN3O2. The fraction of sp³-hybridized carbons (Fsp3) is 0.333. The summed E-state index contributed by atoms with van der Waals surface area (Å²) >= 11 is 3.32. The normalized spacial score (nSPS) is 15.1. The highest BCUT2D eigenvalue weighted by Gasteiger charge is 2.29. The minimum absolute atomic E-state index is 0.0596. The van der Waals surface area contributed by atoms with E-state index >= 15 is 0 Å². The van der Waals surface area contributed by atoms with Gasteiger partial charge >= 0.3 is 11.6 Å². The molecule has 0 bridgehead atoms. The van der Waals surface area contributed by atoms with E-state index in [-0.39, 0.29) is 11.6 Å². The quantitative estimate of drug-likeness (QED) is 0.470. The van der Waals surface area contributed by atoms with Crippen molar-refractivity contribution in [2.24, 2.45) is 0 Å². The first-order valence-electron chi connectivity index (χ1n) is 5.57. The Kier molecular flexibility index (Phi) is 4.25. The van der Waals surface area contributed by atoms with Gasteiger partial charge in [-0.2, -0.15) is 4.79 Å². The molecule has 1 saturated heterocycles. The molecule has 1 fully saturated rings. The van der Waals surface area contributed by atoms with Gasteiger partial charge in [0.1, 0.15) is 0 Å². The number of morpholine rings is 1. The standard InChI is InChI=1S/C12H12BrN3O2/c13-10-3-1-9(2-4-10)11(15-14)12(17)16-5-7-18-8-6-16/h1-4H,5-8H2. The van der Waals surface area contributed by atoms with Gasteiger partial charge in [-0.3, -0.25) is 4.79 Å². The third kappa shape index (κ3) is 2.85. The van der Waals surface area contributed by atoms with E-state index in [1.165, 1.54) is 0 Å². The largest absolute Gasteiger partial charge is 0.386 e. The first kappa shape index (κ1) is 13.0. The van der Waals surface area contributed by atoms with Crippen LogP contribution in [0, 0.1) is 0 Å². The number of amides is 1. The molecule has 1 aromatic rings. The van der Waals surface area contributed by atoms with Gasteiger partial charge in [-0.1, -0.05) is 15.9 Å². The van der Waals surface area contributed by atoms with Gasteiger partial charge in [0.25, 0.3) is 0 Å². The maximum Gasteiger partial charge on any atom is 0.386 e. The van der Waals surface area contributed by atoms with Crippen molar-refractivity contribution in [3.05, 3.63) is 39.8 Å². The van der Waals surface area contributed by atoms with Crippen molar-refractivity contribution >= 4 is 27.5 Å². The summed E-state index contributed by atoms with van der Waals surface area (Å²) < 4.78 is 6.09. The summed E-state index contributed by atoms with van der Waals surface area (Å²) in [5.41, 5.74) is 9.70. The summed E-state index contributed by atoms with van der Waals surface area (Å²) in [6, 6.07) is 7.06. The van der Waals surface area contributed by atoms with Crippen LogP contribution in [0.1, 0.15) is 5.56 Å². The van der Waals surface area contributed by atoms with E-state index in [1.807, 2.05) is 0 Å². The Bertz CT molecular complexity index is 489. The maximum absolute atomic E-state index is 12.2. The number of halogens is 1. The Labute approximate surface area is 113 Å². The summed E-state index contributed by atoms with van der Waals surface area (Å²) in [6.45, 7) is 2.08. The minimum Gasteiger partial charge on any atom is -0.378 e. The molecule has 6 heteroatoms. The molecule has 0 atom stereocenters. The lowest BCUT2D eigenvalue weighted by molar-refractivity contribution is -0.132. The first-order valence-corrected chi connectivity index (χ1v) is 6.36. The SMILES string of the molecule is [N-]=[N+]=C(C(=O)N1CCOCC1)c1ccc(Br)cc1. The third-order valence-corrected chi connectivity index (χ3v) is 3.25. The number of benzene rings is 1. The fourth-order valence-electron chi connectivity index (χ4n) is 1.75. The molecule has 1 aliphatic rings. The molecule has 0 aliphatic carbocycles. The van der Waals surface area contributed by atoms with Crippen molar-refractivity contribution in [2.45, 2.75) is 0 Å². The lowest BCUT2D eigenvalue weighted by Crippen LogP contribution is -2.44. The van der Waals surface area contributed by atoms with Crippen LogP contribution < -0.4 is 0 Å². The molecule has 0 radical (unpaired) electrons. The lowest BCUT2D eigenvalue weighted by atomic mass is 10.1. The number of nitrogens with zero attached hydrogens (tertiary/aromatic N) is 3. The summed E-state index contributed by atoms with van der Waals surface area (Å²) in [7, 11) is 0. The second-order valence-electron chi connectivity index (χ2n) is 3.86. The maximum atomic E-state index is 12.2. The molecule has 1 aromatic carbocycles. The zero-order valence-corrected chi connectivity index (χ0v) is 11.3. The number of rotatable bonds is 2. The zero-order chi connectivity index (χ0) is 13.0. The topological polar surface area (TPSA) is 65.9 Å². The van der Waals surface area contributed by atoms with E-state index in [9.17, 15) is 4.79 Å². The molecule has 5 nitrogen and oxygen atoms in total. The first-order chi connectivity index (χ1) is 8.72. The lowest BCUT2D eigenvalue weighted by Gasteiger charge is -2.25. The molecule has 1 aliphatic heterocycles. The number of ether oxygens (including phenoxy) is 1. The highest BCUT2D eigenvalue weighted by Crippen LogP contribution is 2.12. The van der Waals surface area contributed by atoms with Crippen LogP contribution >= 0.6 is 15.9 Å². The van der Waals surface area contributed by atoms with Gasteiger partial charge in [-0.05, 0) is 24.3 Å². The van der Waals surface area contributed by atoms with Crippen LogP contribution in [0.3, 0.4) is 0 Å². The molecular weight excluding hydrogens is 298 g/mol. The molecule has 0 spiro atoms. The molecule has 0 saturated carbocycles. The molecule has 94 valence electrons. The summed E-state index contributed by atoms with van der Waals surface area (Å²) in [4.78, 5) is 16.9. The monoisotopic (exact) mass is 309 g/mol. The minimum atomic E-state index is -0.275. The van der Waals surface area contributed by atoms with Crippen LogP contribution in [0.2, 0.25) is 0 Å². The number of carbonyl (C=O) groups excluding carboxylic acids is 1. The summed E-state index contributed by atoms with van der Waals surface area (Å²) in [6.07, 6.45) is 0. The number of hydrogen-bond donors (Lipinski definition) is 0. The Hall–Kier alpha value is -1.49. The van der Waals surface area contributed by atoms with E-state index < -0.39 is 0 Å². The van der Waals surface area contributed by atoms with Gasteiger partial charge in [-0.15, -0.1) is 0 Å². The van der Waals surface area contributed by atoms with Crippen LogP contribution in [0.15, 0.2) is 28.7 Å². The average Bonchev–Trinajstić information content (AvgIpc) is 2.42. The Balaban J connectivity index is 2.21. The predicted molar refractivity (Wildman–Crippen MR) is 69.3 cm³/mol. The number of hydrogen-bond acceptors (Lipinski definition) is 2. The highest BCUT2D eigenvalue weighted by atomic mass is 79.9. The van der Waals surface area contributed by atoms with Crippen molar-refractivity contribution < 1.29 is 14.3 Å². The number of carbonyl (C=O) groups is 1. The second kappa shape index (κ2) is 5.91. The molecule has 1 amide bonds. The van der Waals surface area contributed by atoms with Gasteiger partial charge in [0.15, 0.2) is 0 Å². The second-order valence-corrected chi connectivity index (χ2v) is 4.78. The average molecular weight is 310 g/mol.